The largest absolute Gasteiger partial charge is 0.378 e. The highest BCUT2D eigenvalue weighted by Crippen LogP contribution is 2.27. The van der Waals surface area contributed by atoms with E-state index in [2.05, 4.69) is 54.5 Å². The molecule has 0 amide bonds. The van der Waals surface area contributed by atoms with E-state index in [9.17, 15) is 0 Å². The number of hydrogen-bond acceptors (Lipinski definition) is 6. The molecule has 2 heterocycles. The monoisotopic (exact) mass is 450 g/mol. The summed E-state index contributed by atoms with van der Waals surface area (Å²) in [4.78, 5) is 13.6. The van der Waals surface area contributed by atoms with Crippen molar-refractivity contribution >= 4 is 11.4 Å². The van der Waals surface area contributed by atoms with Gasteiger partial charge in [0, 0.05) is 61.8 Å². The minimum Gasteiger partial charge on any atom is -0.378 e. The van der Waals surface area contributed by atoms with Gasteiger partial charge in [0.1, 0.15) is 0 Å². The molecular weight excluding hydrogens is 424 g/mol. The first kappa shape index (κ1) is 21.4. The van der Waals surface area contributed by atoms with E-state index in [1.807, 2.05) is 76.7 Å². The van der Waals surface area contributed by atoms with Gasteiger partial charge in [0.2, 0.25) is 0 Å². The molecule has 0 fully saturated rings. The van der Waals surface area contributed by atoms with Crippen LogP contribution in [0, 0.1) is 0 Å². The summed E-state index contributed by atoms with van der Waals surface area (Å²) in [5.41, 5.74) is 5.97. The van der Waals surface area contributed by atoms with Gasteiger partial charge in [0.15, 0.2) is 23.3 Å². The second kappa shape index (κ2) is 8.82. The molecule has 0 aliphatic carbocycles. The van der Waals surface area contributed by atoms with Crippen molar-refractivity contribution in [2.75, 3.05) is 38.0 Å². The van der Waals surface area contributed by atoms with Crippen LogP contribution >= 0.6 is 0 Å². The topological polar surface area (TPSA) is 89.6 Å². The predicted octanol–water partition coefficient (Wildman–Crippen LogP) is 4.72. The molecule has 2 N–H and O–H groups in total. The van der Waals surface area contributed by atoms with Gasteiger partial charge in [0.25, 0.3) is 0 Å². The molecule has 0 bridgehead atoms. The molecule has 0 spiro atoms. The maximum Gasteiger partial charge on any atom is 0.181 e. The van der Waals surface area contributed by atoms with Crippen molar-refractivity contribution in [1.29, 1.82) is 0 Å². The number of H-pyrrole nitrogens is 2. The Bertz CT molecular complexity index is 1330. The lowest BCUT2D eigenvalue weighted by atomic mass is 10.1. The highest BCUT2D eigenvalue weighted by Gasteiger charge is 2.13. The van der Waals surface area contributed by atoms with Crippen LogP contribution in [0.25, 0.3) is 45.6 Å². The van der Waals surface area contributed by atoms with E-state index >= 15 is 0 Å². The summed E-state index contributed by atoms with van der Waals surface area (Å²) < 4.78 is 0. The molecule has 5 rings (SSSR count). The van der Waals surface area contributed by atoms with Gasteiger partial charge in [0.05, 0.1) is 0 Å². The van der Waals surface area contributed by atoms with E-state index in [0.29, 0.717) is 11.6 Å². The van der Waals surface area contributed by atoms with E-state index in [1.54, 1.807) is 0 Å². The third-order valence-corrected chi connectivity index (χ3v) is 5.62. The first-order valence-electron chi connectivity index (χ1n) is 11.0. The molecule has 0 aliphatic heterocycles. The van der Waals surface area contributed by atoms with Crippen LogP contribution in [0.3, 0.4) is 0 Å². The lowest BCUT2D eigenvalue weighted by molar-refractivity contribution is 1.09. The Morgan fingerprint density at radius 3 is 1.38 bits per heavy atom. The highest BCUT2D eigenvalue weighted by atomic mass is 15.2. The van der Waals surface area contributed by atoms with Gasteiger partial charge >= 0.3 is 0 Å². The minimum absolute atomic E-state index is 0.626. The van der Waals surface area contributed by atoms with E-state index in [1.165, 1.54) is 0 Å². The quantitative estimate of drug-likeness (QED) is 0.389. The Balaban J connectivity index is 1.42. The zero-order chi connectivity index (χ0) is 23.7. The van der Waals surface area contributed by atoms with Crippen molar-refractivity contribution in [3.8, 4) is 45.6 Å². The Morgan fingerprint density at radius 2 is 0.941 bits per heavy atom. The molecule has 0 atom stereocenters. The molecule has 0 radical (unpaired) electrons. The zero-order valence-electron chi connectivity index (χ0n) is 19.6. The van der Waals surface area contributed by atoms with Gasteiger partial charge in [-0.25, -0.2) is 9.97 Å². The van der Waals surface area contributed by atoms with Crippen LogP contribution in [0.5, 0.6) is 0 Å². The second-order valence-electron chi connectivity index (χ2n) is 8.49. The number of benzene rings is 3. The number of aromatic amines is 2. The first-order chi connectivity index (χ1) is 16.5. The van der Waals surface area contributed by atoms with Crippen molar-refractivity contribution < 1.29 is 0 Å². The predicted molar refractivity (Wildman–Crippen MR) is 137 cm³/mol. The second-order valence-corrected chi connectivity index (χ2v) is 8.49. The van der Waals surface area contributed by atoms with E-state index in [-0.39, 0.29) is 0 Å². The maximum absolute atomic E-state index is 4.73. The molecule has 8 nitrogen and oxygen atoms in total. The van der Waals surface area contributed by atoms with E-state index in [0.717, 1.165) is 45.3 Å². The van der Waals surface area contributed by atoms with Crippen molar-refractivity contribution in [2.24, 2.45) is 0 Å². The Labute approximate surface area is 198 Å². The molecule has 2 aromatic heterocycles. The van der Waals surface area contributed by atoms with Crippen LogP contribution in [-0.4, -0.2) is 58.6 Å². The van der Waals surface area contributed by atoms with Crippen molar-refractivity contribution in [1.82, 2.24) is 30.4 Å². The number of hydrogen-bond donors (Lipinski definition) is 2. The summed E-state index contributed by atoms with van der Waals surface area (Å²) in [6.45, 7) is 0. The number of rotatable bonds is 6. The average Bonchev–Trinajstić information content (AvgIpc) is 3.55. The highest BCUT2D eigenvalue weighted by molar-refractivity contribution is 5.70. The third kappa shape index (κ3) is 4.25. The number of aromatic nitrogens is 6. The van der Waals surface area contributed by atoms with Crippen LogP contribution in [0.15, 0.2) is 72.8 Å². The first-order valence-corrected chi connectivity index (χ1v) is 11.0. The third-order valence-electron chi connectivity index (χ3n) is 5.62. The van der Waals surface area contributed by atoms with Crippen LogP contribution in [0.1, 0.15) is 0 Å². The summed E-state index contributed by atoms with van der Waals surface area (Å²) in [7, 11) is 8.07. The van der Waals surface area contributed by atoms with E-state index in [4.69, 9.17) is 9.97 Å². The molecular formula is C26H26N8. The van der Waals surface area contributed by atoms with Gasteiger partial charge in [-0.3, -0.25) is 10.2 Å². The fraction of sp³-hybridized carbons (Fsp3) is 0.154. The summed E-state index contributed by atoms with van der Waals surface area (Å²) in [5.74, 6) is 2.71. The normalized spacial score (nSPS) is 10.9. The maximum atomic E-state index is 4.73. The number of nitrogens with zero attached hydrogens (tertiary/aromatic N) is 6. The van der Waals surface area contributed by atoms with Gasteiger partial charge in [-0.15, -0.1) is 0 Å². The summed E-state index contributed by atoms with van der Waals surface area (Å²) >= 11 is 0. The molecule has 34 heavy (non-hydrogen) atoms. The Hall–Kier alpha value is -4.46. The number of anilines is 2. The molecule has 0 saturated heterocycles. The zero-order valence-corrected chi connectivity index (χ0v) is 19.6. The van der Waals surface area contributed by atoms with Crippen LogP contribution < -0.4 is 9.80 Å². The van der Waals surface area contributed by atoms with Gasteiger partial charge < -0.3 is 9.80 Å². The Morgan fingerprint density at radius 1 is 0.529 bits per heavy atom. The van der Waals surface area contributed by atoms with Crippen LogP contribution in [0.2, 0.25) is 0 Å². The lowest BCUT2D eigenvalue weighted by Gasteiger charge is -2.12. The lowest BCUT2D eigenvalue weighted by Crippen LogP contribution is -2.08. The number of nitrogens with one attached hydrogen (secondary N) is 2. The summed E-state index contributed by atoms with van der Waals surface area (Å²) in [5, 5.41) is 15.0. The summed E-state index contributed by atoms with van der Waals surface area (Å²) in [6, 6.07) is 24.3. The Kier molecular flexibility index (Phi) is 5.55. The summed E-state index contributed by atoms with van der Waals surface area (Å²) in [6.07, 6.45) is 0. The van der Waals surface area contributed by atoms with Gasteiger partial charge in [-0.1, -0.05) is 42.5 Å². The standard InChI is InChI=1S/C26H26N8/c1-33(2)21-12-6-10-19(15-21)25-27-23(29-31-25)17-8-5-9-18(14-17)24-28-26(32-30-24)20-11-7-13-22(16-20)34(3)4/h5-16H,1-4H3,(H,27,29,31)(H,28,30,32). The van der Waals surface area contributed by atoms with Gasteiger partial charge in [-0.2, -0.15) is 10.2 Å². The fourth-order valence-electron chi connectivity index (χ4n) is 3.70. The molecule has 0 unspecified atom stereocenters. The minimum atomic E-state index is 0.626. The molecule has 8 heteroatoms. The molecule has 0 saturated carbocycles. The molecule has 0 aliphatic rings. The SMILES string of the molecule is CN(C)c1cccc(-c2nc(-c3cccc(-c4n[nH]c(-c5cccc(N(C)C)c5)n4)c3)n[nH]2)c1. The molecule has 3 aromatic carbocycles. The van der Waals surface area contributed by atoms with Crippen LogP contribution in [-0.2, 0) is 0 Å². The smallest absolute Gasteiger partial charge is 0.181 e. The van der Waals surface area contributed by atoms with Gasteiger partial charge in [-0.05, 0) is 30.3 Å². The van der Waals surface area contributed by atoms with Crippen LogP contribution in [0.4, 0.5) is 11.4 Å². The van der Waals surface area contributed by atoms with E-state index < -0.39 is 0 Å². The molecule has 170 valence electrons. The fourth-order valence-corrected chi connectivity index (χ4v) is 3.70. The van der Waals surface area contributed by atoms with Crippen molar-refractivity contribution in [2.45, 2.75) is 0 Å². The molecule has 5 aromatic rings. The van der Waals surface area contributed by atoms with Crippen molar-refractivity contribution in [3.05, 3.63) is 72.8 Å². The van der Waals surface area contributed by atoms with Crippen molar-refractivity contribution in [3.63, 3.8) is 0 Å². The average molecular weight is 451 g/mol.